The summed E-state index contributed by atoms with van der Waals surface area (Å²) in [6.45, 7) is 0. The van der Waals surface area contributed by atoms with Gasteiger partial charge in [0.25, 0.3) is 5.91 Å². The van der Waals surface area contributed by atoms with Gasteiger partial charge < -0.3 is 10.6 Å². The van der Waals surface area contributed by atoms with Gasteiger partial charge >= 0.3 is 0 Å². The second-order valence-corrected chi connectivity index (χ2v) is 5.06. The van der Waals surface area contributed by atoms with E-state index in [1.807, 2.05) is 18.2 Å². The van der Waals surface area contributed by atoms with Gasteiger partial charge in [-0.25, -0.2) is 9.97 Å². The molecular formula is C14H12N4OS. The number of nitrogens with one attached hydrogen (secondary N) is 2. The minimum Gasteiger partial charge on any atom is -0.373 e. The molecule has 0 spiro atoms. The third-order valence-electron chi connectivity index (χ3n) is 2.87. The zero-order chi connectivity index (χ0) is 13.9. The highest BCUT2D eigenvalue weighted by molar-refractivity contribution is 7.16. The lowest BCUT2D eigenvalue weighted by Crippen LogP contribution is -2.12. The highest BCUT2D eigenvalue weighted by Gasteiger charge is 2.07. The summed E-state index contributed by atoms with van der Waals surface area (Å²) in [5.41, 5.74) is 4.00. The Morgan fingerprint density at radius 1 is 1.20 bits per heavy atom. The molecule has 0 bridgehead atoms. The van der Waals surface area contributed by atoms with Crippen molar-refractivity contribution in [3.05, 3.63) is 47.6 Å². The molecule has 5 nitrogen and oxygen atoms in total. The first-order valence-corrected chi connectivity index (χ1v) is 6.92. The molecule has 0 saturated heterocycles. The summed E-state index contributed by atoms with van der Waals surface area (Å²) in [6.07, 6.45) is 1.55. The van der Waals surface area contributed by atoms with Crippen molar-refractivity contribution in [2.45, 2.75) is 0 Å². The SMILES string of the molecule is CNc1ccc(C(=O)Nc2ccc3ncsc3c2)cn1. The Labute approximate surface area is 119 Å². The van der Waals surface area contributed by atoms with Crippen molar-refractivity contribution in [3.63, 3.8) is 0 Å². The summed E-state index contributed by atoms with van der Waals surface area (Å²) in [5.74, 6) is 0.552. The summed E-state index contributed by atoms with van der Waals surface area (Å²) in [6, 6.07) is 9.15. The quantitative estimate of drug-likeness (QED) is 0.776. The van der Waals surface area contributed by atoms with Gasteiger partial charge in [0.05, 0.1) is 21.3 Å². The van der Waals surface area contributed by atoms with Crippen molar-refractivity contribution < 1.29 is 4.79 Å². The number of amides is 1. The summed E-state index contributed by atoms with van der Waals surface area (Å²) in [7, 11) is 1.78. The number of hydrogen-bond donors (Lipinski definition) is 2. The van der Waals surface area contributed by atoms with Crippen molar-refractivity contribution in [2.24, 2.45) is 0 Å². The Balaban J connectivity index is 1.80. The number of benzene rings is 1. The van der Waals surface area contributed by atoms with E-state index in [4.69, 9.17) is 0 Å². The molecular weight excluding hydrogens is 272 g/mol. The number of aromatic nitrogens is 2. The van der Waals surface area contributed by atoms with Gasteiger partial charge in [0, 0.05) is 18.9 Å². The third-order valence-corrected chi connectivity index (χ3v) is 3.66. The minimum atomic E-state index is -0.177. The molecule has 2 N–H and O–H groups in total. The number of fused-ring (bicyclic) bond motifs is 1. The molecule has 1 amide bonds. The van der Waals surface area contributed by atoms with Crippen LogP contribution >= 0.6 is 11.3 Å². The number of nitrogens with zero attached hydrogens (tertiary/aromatic N) is 2. The van der Waals surface area contributed by atoms with E-state index >= 15 is 0 Å². The lowest BCUT2D eigenvalue weighted by Gasteiger charge is -2.05. The molecule has 1 aromatic carbocycles. The lowest BCUT2D eigenvalue weighted by molar-refractivity contribution is 0.102. The highest BCUT2D eigenvalue weighted by Crippen LogP contribution is 2.22. The van der Waals surface area contributed by atoms with Gasteiger partial charge in [-0.1, -0.05) is 0 Å². The predicted molar refractivity (Wildman–Crippen MR) is 81.4 cm³/mol. The molecule has 0 aliphatic rings. The van der Waals surface area contributed by atoms with Gasteiger partial charge in [-0.2, -0.15) is 0 Å². The number of carbonyl (C=O) groups is 1. The van der Waals surface area contributed by atoms with Crippen LogP contribution < -0.4 is 10.6 Å². The van der Waals surface area contributed by atoms with E-state index in [-0.39, 0.29) is 5.91 Å². The van der Waals surface area contributed by atoms with Gasteiger partial charge in [0.15, 0.2) is 0 Å². The first kappa shape index (κ1) is 12.6. The predicted octanol–water partition coefficient (Wildman–Crippen LogP) is 2.99. The van der Waals surface area contributed by atoms with Crippen LogP contribution in [0.2, 0.25) is 0 Å². The topological polar surface area (TPSA) is 66.9 Å². The molecule has 0 atom stereocenters. The van der Waals surface area contributed by atoms with Crippen molar-refractivity contribution in [1.82, 2.24) is 9.97 Å². The van der Waals surface area contributed by atoms with Gasteiger partial charge in [0.2, 0.25) is 0 Å². The van der Waals surface area contributed by atoms with E-state index in [9.17, 15) is 4.79 Å². The van der Waals surface area contributed by atoms with Crippen LogP contribution in [0.15, 0.2) is 42.0 Å². The molecule has 6 heteroatoms. The maximum atomic E-state index is 12.1. The van der Waals surface area contributed by atoms with Crippen LogP contribution in [0.25, 0.3) is 10.2 Å². The number of thiazole rings is 1. The van der Waals surface area contributed by atoms with E-state index in [1.54, 1.807) is 42.2 Å². The average Bonchev–Trinajstić information content (AvgIpc) is 2.95. The molecule has 2 heterocycles. The van der Waals surface area contributed by atoms with Crippen LogP contribution in [0, 0.1) is 0 Å². The molecule has 0 unspecified atom stereocenters. The second-order valence-electron chi connectivity index (χ2n) is 4.17. The number of rotatable bonds is 3. The molecule has 0 aliphatic carbocycles. The summed E-state index contributed by atoms with van der Waals surface area (Å²) in [4.78, 5) is 20.4. The molecule has 2 aromatic heterocycles. The number of carbonyl (C=O) groups excluding carboxylic acids is 1. The average molecular weight is 284 g/mol. The summed E-state index contributed by atoms with van der Waals surface area (Å²) >= 11 is 1.55. The van der Waals surface area contributed by atoms with Crippen molar-refractivity contribution in [2.75, 3.05) is 17.7 Å². The van der Waals surface area contributed by atoms with E-state index in [2.05, 4.69) is 20.6 Å². The summed E-state index contributed by atoms with van der Waals surface area (Å²) < 4.78 is 1.05. The molecule has 0 aliphatic heterocycles. The molecule has 0 radical (unpaired) electrons. The van der Waals surface area contributed by atoms with Crippen molar-refractivity contribution in [3.8, 4) is 0 Å². The van der Waals surface area contributed by atoms with Crippen LogP contribution in [0.1, 0.15) is 10.4 Å². The fourth-order valence-electron chi connectivity index (χ4n) is 1.81. The van der Waals surface area contributed by atoms with E-state index in [1.165, 1.54) is 0 Å². The fourth-order valence-corrected chi connectivity index (χ4v) is 2.53. The normalized spacial score (nSPS) is 10.4. The van der Waals surface area contributed by atoms with E-state index < -0.39 is 0 Å². The van der Waals surface area contributed by atoms with Gasteiger partial charge in [-0.05, 0) is 30.3 Å². The molecule has 0 saturated carbocycles. The van der Waals surface area contributed by atoms with E-state index in [0.29, 0.717) is 5.56 Å². The monoisotopic (exact) mass is 284 g/mol. The lowest BCUT2D eigenvalue weighted by atomic mass is 10.2. The van der Waals surface area contributed by atoms with Crippen LogP contribution in [-0.4, -0.2) is 22.9 Å². The molecule has 3 aromatic rings. The van der Waals surface area contributed by atoms with E-state index in [0.717, 1.165) is 21.7 Å². The van der Waals surface area contributed by atoms with Gasteiger partial charge in [0.1, 0.15) is 5.82 Å². The minimum absolute atomic E-state index is 0.177. The number of hydrogen-bond acceptors (Lipinski definition) is 5. The Hall–Kier alpha value is -2.47. The number of pyridine rings is 1. The zero-order valence-electron chi connectivity index (χ0n) is 10.8. The maximum Gasteiger partial charge on any atom is 0.257 e. The molecule has 3 rings (SSSR count). The Bertz CT molecular complexity index is 751. The van der Waals surface area contributed by atoms with Crippen LogP contribution in [0.5, 0.6) is 0 Å². The fraction of sp³-hybridized carbons (Fsp3) is 0.0714. The van der Waals surface area contributed by atoms with Gasteiger partial charge in [-0.15, -0.1) is 11.3 Å². The zero-order valence-corrected chi connectivity index (χ0v) is 11.6. The first-order valence-electron chi connectivity index (χ1n) is 6.04. The van der Waals surface area contributed by atoms with Crippen molar-refractivity contribution in [1.29, 1.82) is 0 Å². The van der Waals surface area contributed by atoms with Gasteiger partial charge in [-0.3, -0.25) is 4.79 Å². The highest BCUT2D eigenvalue weighted by atomic mass is 32.1. The van der Waals surface area contributed by atoms with Crippen LogP contribution in [0.4, 0.5) is 11.5 Å². The third kappa shape index (κ3) is 2.46. The number of anilines is 2. The Kier molecular flexibility index (Phi) is 3.30. The molecule has 20 heavy (non-hydrogen) atoms. The summed E-state index contributed by atoms with van der Waals surface area (Å²) in [5, 5.41) is 5.77. The smallest absolute Gasteiger partial charge is 0.257 e. The second kappa shape index (κ2) is 5.26. The first-order chi connectivity index (χ1) is 9.76. The maximum absolute atomic E-state index is 12.1. The Morgan fingerprint density at radius 3 is 2.85 bits per heavy atom. The largest absolute Gasteiger partial charge is 0.373 e. The molecule has 0 fully saturated rings. The molecule has 100 valence electrons. The standard InChI is InChI=1S/C14H12N4OS/c1-15-13-5-2-9(7-16-13)14(19)18-10-3-4-11-12(6-10)20-8-17-11/h2-8H,1H3,(H,15,16)(H,18,19). The Morgan fingerprint density at radius 2 is 2.10 bits per heavy atom. The van der Waals surface area contributed by atoms with Crippen molar-refractivity contribution >= 4 is 39.0 Å². The van der Waals surface area contributed by atoms with Crippen LogP contribution in [0.3, 0.4) is 0 Å². The van der Waals surface area contributed by atoms with Crippen LogP contribution in [-0.2, 0) is 0 Å².